The van der Waals surface area contributed by atoms with E-state index in [4.69, 9.17) is 0 Å². The van der Waals surface area contributed by atoms with Crippen molar-refractivity contribution in [3.8, 4) is 0 Å². The fourth-order valence-electron chi connectivity index (χ4n) is 3.55. The summed E-state index contributed by atoms with van der Waals surface area (Å²) in [5.74, 6) is 0.175. The van der Waals surface area contributed by atoms with Crippen LogP contribution in [-0.2, 0) is 4.79 Å². The van der Waals surface area contributed by atoms with Crippen molar-refractivity contribution < 1.29 is 4.79 Å². The number of hydrogen-bond donors (Lipinski definition) is 1. The molecule has 0 unspecified atom stereocenters. The summed E-state index contributed by atoms with van der Waals surface area (Å²) in [6.45, 7) is 2.18. The van der Waals surface area contributed by atoms with Crippen molar-refractivity contribution in [2.24, 2.45) is 5.92 Å². The van der Waals surface area contributed by atoms with Crippen LogP contribution in [0, 0.1) is 5.92 Å². The number of fused-ring (bicyclic) bond motifs is 1. The molecule has 1 aliphatic carbocycles. The SMILES string of the molecule is O=C(Nc1ccc(N2CCCC2)c2ncccc12)C1CC=CC1. The second-order valence-electron chi connectivity index (χ2n) is 6.35. The molecule has 1 fully saturated rings. The van der Waals surface area contributed by atoms with Crippen LogP contribution in [0.25, 0.3) is 10.9 Å². The third-order valence-corrected chi connectivity index (χ3v) is 4.83. The van der Waals surface area contributed by atoms with Crippen molar-refractivity contribution >= 4 is 28.2 Å². The molecule has 1 saturated heterocycles. The van der Waals surface area contributed by atoms with Gasteiger partial charge >= 0.3 is 0 Å². The molecule has 4 nitrogen and oxygen atoms in total. The fourth-order valence-corrected chi connectivity index (χ4v) is 3.55. The second kappa shape index (κ2) is 6.03. The summed E-state index contributed by atoms with van der Waals surface area (Å²) in [6.07, 6.45) is 10.2. The Balaban J connectivity index is 1.67. The number of amides is 1. The lowest BCUT2D eigenvalue weighted by Crippen LogP contribution is -2.21. The molecule has 1 aromatic heterocycles. The maximum absolute atomic E-state index is 12.4. The minimum atomic E-state index is 0.0694. The highest BCUT2D eigenvalue weighted by atomic mass is 16.1. The van der Waals surface area contributed by atoms with Gasteiger partial charge in [0.25, 0.3) is 0 Å². The van der Waals surface area contributed by atoms with Gasteiger partial charge in [-0.25, -0.2) is 0 Å². The third kappa shape index (κ3) is 2.69. The molecule has 1 aromatic carbocycles. The van der Waals surface area contributed by atoms with Gasteiger partial charge in [-0.05, 0) is 49.9 Å². The summed E-state index contributed by atoms with van der Waals surface area (Å²) in [5, 5.41) is 4.13. The maximum atomic E-state index is 12.4. The summed E-state index contributed by atoms with van der Waals surface area (Å²) in [4.78, 5) is 19.4. The van der Waals surface area contributed by atoms with Crippen LogP contribution >= 0.6 is 0 Å². The number of anilines is 2. The molecule has 0 spiro atoms. The van der Waals surface area contributed by atoms with Gasteiger partial charge in [0.05, 0.1) is 16.9 Å². The van der Waals surface area contributed by atoms with E-state index >= 15 is 0 Å². The number of carbonyl (C=O) groups is 1. The quantitative estimate of drug-likeness (QED) is 0.879. The Morgan fingerprint density at radius 1 is 1.13 bits per heavy atom. The van der Waals surface area contributed by atoms with E-state index in [1.54, 1.807) is 0 Å². The number of rotatable bonds is 3. The number of carbonyl (C=O) groups excluding carboxylic acids is 1. The lowest BCUT2D eigenvalue weighted by Gasteiger charge is -2.21. The van der Waals surface area contributed by atoms with Gasteiger partial charge in [-0.3, -0.25) is 9.78 Å². The number of nitrogens with one attached hydrogen (secondary N) is 1. The first-order chi connectivity index (χ1) is 11.3. The van der Waals surface area contributed by atoms with E-state index in [2.05, 4.69) is 33.4 Å². The lowest BCUT2D eigenvalue weighted by atomic mass is 10.1. The van der Waals surface area contributed by atoms with Crippen LogP contribution in [0.2, 0.25) is 0 Å². The Morgan fingerprint density at radius 3 is 2.70 bits per heavy atom. The number of nitrogens with zero attached hydrogens (tertiary/aromatic N) is 2. The Morgan fingerprint density at radius 2 is 1.91 bits per heavy atom. The topological polar surface area (TPSA) is 45.2 Å². The van der Waals surface area contributed by atoms with Crippen molar-refractivity contribution in [3.05, 3.63) is 42.6 Å². The Hall–Kier alpha value is -2.36. The third-order valence-electron chi connectivity index (χ3n) is 4.83. The number of benzene rings is 1. The lowest BCUT2D eigenvalue weighted by molar-refractivity contribution is -0.119. The monoisotopic (exact) mass is 307 g/mol. The molecular weight excluding hydrogens is 286 g/mol. The molecule has 118 valence electrons. The van der Waals surface area contributed by atoms with E-state index in [9.17, 15) is 4.79 Å². The number of allylic oxidation sites excluding steroid dienone is 2. The van der Waals surface area contributed by atoms with Gasteiger partial charge in [0, 0.05) is 30.6 Å². The molecule has 23 heavy (non-hydrogen) atoms. The number of pyridine rings is 1. The van der Waals surface area contributed by atoms with Crippen molar-refractivity contribution in [2.45, 2.75) is 25.7 Å². The molecule has 2 heterocycles. The molecule has 0 radical (unpaired) electrons. The molecular formula is C19H21N3O. The summed E-state index contributed by atoms with van der Waals surface area (Å²) < 4.78 is 0. The minimum absolute atomic E-state index is 0.0694. The summed E-state index contributed by atoms with van der Waals surface area (Å²) in [7, 11) is 0. The summed E-state index contributed by atoms with van der Waals surface area (Å²) >= 11 is 0. The van der Waals surface area contributed by atoms with Crippen molar-refractivity contribution in [2.75, 3.05) is 23.3 Å². The van der Waals surface area contributed by atoms with Crippen LogP contribution in [-0.4, -0.2) is 24.0 Å². The fraction of sp³-hybridized carbons (Fsp3) is 0.368. The average Bonchev–Trinajstić information content (AvgIpc) is 3.29. The van der Waals surface area contributed by atoms with Crippen molar-refractivity contribution in [1.82, 2.24) is 4.98 Å². The minimum Gasteiger partial charge on any atom is -0.370 e. The molecule has 1 aliphatic heterocycles. The predicted octanol–water partition coefficient (Wildman–Crippen LogP) is 3.74. The molecule has 4 heteroatoms. The highest BCUT2D eigenvalue weighted by Crippen LogP contribution is 2.33. The highest BCUT2D eigenvalue weighted by molar-refractivity contribution is 6.05. The molecule has 2 aliphatic rings. The molecule has 2 aromatic rings. The number of aromatic nitrogens is 1. The van der Waals surface area contributed by atoms with Crippen LogP contribution in [0.5, 0.6) is 0 Å². The number of hydrogen-bond acceptors (Lipinski definition) is 3. The summed E-state index contributed by atoms with van der Waals surface area (Å²) in [6, 6.07) is 8.11. The van der Waals surface area contributed by atoms with E-state index in [0.29, 0.717) is 0 Å². The first kappa shape index (κ1) is 14.2. The van der Waals surface area contributed by atoms with E-state index in [1.165, 1.54) is 18.5 Å². The largest absolute Gasteiger partial charge is 0.370 e. The van der Waals surface area contributed by atoms with Crippen molar-refractivity contribution in [3.63, 3.8) is 0 Å². The Labute approximate surface area is 136 Å². The van der Waals surface area contributed by atoms with E-state index in [0.717, 1.165) is 42.5 Å². The molecule has 1 N–H and O–H groups in total. The Kier molecular flexibility index (Phi) is 3.74. The van der Waals surface area contributed by atoms with Crippen molar-refractivity contribution in [1.29, 1.82) is 0 Å². The highest BCUT2D eigenvalue weighted by Gasteiger charge is 2.21. The average molecular weight is 307 g/mol. The van der Waals surface area contributed by atoms with Gasteiger partial charge in [0.2, 0.25) is 5.91 Å². The van der Waals surface area contributed by atoms with Crippen LogP contribution < -0.4 is 10.2 Å². The normalized spacial score (nSPS) is 18.0. The van der Waals surface area contributed by atoms with Gasteiger partial charge < -0.3 is 10.2 Å². The van der Waals surface area contributed by atoms with Gasteiger partial charge in [0.1, 0.15) is 0 Å². The standard InChI is InChI=1S/C19H21N3O/c23-19(14-6-1-2-7-14)21-16-9-10-17(22-12-3-4-13-22)18-15(16)8-5-11-20-18/h1-2,5,8-11,14H,3-4,6-7,12-13H2,(H,21,23). The molecule has 0 saturated carbocycles. The van der Waals surface area contributed by atoms with Gasteiger partial charge in [-0.15, -0.1) is 0 Å². The zero-order chi connectivity index (χ0) is 15.6. The summed E-state index contributed by atoms with van der Waals surface area (Å²) in [5.41, 5.74) is 3.03. The van der Waals surface area contributed by atoms with Gasteiger partial charge in [-0.1, -0.05) is 12.2 Å². The first-order valence-corrected chi connectivity index (χ1v) is 8.41. The van der Waals surface area contributed by atoms with Crippen LogP contribution in [0.1, 0.15) is 25.7 Å². The molecule has 0 bridgehead atoms. The molecule has 4 rings (SSSR count). The zero-order valence-corrected chi connectivity index (χ0v) is 13.2. The van der Waals surface area contributed by atoms with Crippen LogP contribution in [0.15, 0.2) is 42.6 Å². The first-order valence-electron chi connectivity index (χ1n) is 8.41. The predicted molar refractivity (Wildman–Crippen MR) is 93.7 cm³/mol. The zero-order valence-electron chi connectivity index (χ0n) is 13.2. The van der Waals surface area contributed by atoms with Crippen LogP contribution in [0.4, 0.5) is 11.4 Å². The van der Waals surface area contributed by atoms with Gasteiger partial charge in [-0.2, -0.15) is 0 Å². The van der Waals surface area contributed by atoms with Crippen LogP contribution in [0.3, 0.4) is 0 Å². The second-order valence-corrected chi connectivity index (χ2v) is 6.35. The Bertz CT molecular complexity index is 754. The van der Waals surface area contributed by atoms with E-state index in [1.807, 2.05) is 24.4 Å². The molecule has 1 amide bonds. The smallest absolute Gasteiger partial charge is 0.228 e. The van der Waals surface area contributed by atoms with Gasteiger partial charge in [0.15, 0.2) is 0 Å². The van der Waals surface area contributed by atoms with E-state index in [-0.39, 0.29) is 11.8 Å². The maximum Gasteiger partial charge on any atom is 0.228 e. The van der Waals surface area contributed by atoms with E-state index < -0.39 is 0 Å². The molecule has 0 atom stereocenters.